The SMILES string of the molecule is O=C(CSc1nnc(-c2ccncc2)n1-c1ccc(F)cc1)NC1CCCC1. The molecule has 1 amide bonds. The molecule has 8 heteroatoms. The van der Waals surface area contributed by atoms with Gasteiger partial charge in [0.2, 0.25) is 5.91 Å². The Morgan fingerprint density at radius 2 is 1.82 bits per heavy atom. The fraction of sp³-hybridized carbons (Fsp3) is 0.300. The lowest BCUT2D eigenvalue weighted by Crippen LogP contribution is -2.33. The Labute approximate surface area is 166 Å². The Balaban J connectivity index is 1.58. The van der Waals surface area contributed by atoms with Crippen molar-refractivity contribution < 1.29 is 9.18 Å². The molecule has 0 saturated heterocycles. The molecule has 4 rings (SSSR count). The highest BCUT2D eigenvalue weighted by molar-refractivity contribution is 7.99. The first-order chi connectivity index (χ1) is 13.7. The number of nitrogens with one attached hydrogen (secondary N) is 1. The van der Waals surface area contributed by atoms with Gasteiger partial charge in [0, 0.05) is 29.7 Å². The van der Waals surface area contributed by atoms with Crippen molar-refractivity contribution in [2.45, 2.75) is 36.9 Å². The number of halogens is 1. The second-order valence-corrected chi connectivity index (χ2v) is 7.63. The Morgan fingerprint density at radius 1 is 1.11 bits per heavy atom. The van der Waals surface area contributed by atoms with E-state index in [4.69, 9.17) is 0 Å². The van der Waals surface area contributed by atoms with Crippen LogP contribution in [0, 0.1) is 5.82 Å². The monoisotopic (exact) mass is 397 g/mol. The summed E-state index contributed by atoms with van der Waals surface area (Å²) < 4.78 is 15.2. The van der Waals surface area contributed by atoms with Crippen LogP contribution in [0.5, 0.6) is 0 Å². The first-order valence-corrected chi connectivity index (χ1v) is 10.2. The van der Waals surface area contributed by atoms with Gasteiger partial charge < -0.3 is 5.32 Å². The van der Waals surface area contributed by atoms with Crippen molar-refractivity contribution in [2.75, 3.05) is 5.75 Å². The molecular formula is C20H20FN5OS. The Bertz CT molecular complexity index is 939. The number of pyridine rings is 1. The van der Waals surface area contributed by atoms with Crippen molar-refractivity contribution in [1.29, 1.82) is 0 Å². The Morgan fingerprint density at radius 3 is 2.54 bits per heavy atom. The number of benzene rings is 1. The average Bonchev–Trinajstić information content (AvgIpc) is 3.37. The summed E-state index contributed by atoms with van der Waals surface area (Å²) in [5.74, 6) is 0.558. The lowest BCUT2D eigenvalue weighted by molar-refractivity contribution is -0.119. The average molecular weight is 397 g/mol. The zero-order valence-electron chi connectivity index (χ0n) is 15.2. The summed E-state index contributed by atoms with van der Waals surface area (Å²) in [5.41, 5.74) is 1.57. The van der Waals surface area contributed by atoms with E-state index in [-0.39, 0.29) is 23.5 Å². The van der Waals surface area contributed by atoms with Crippen LogP contribution >= 0.6 is 11.8 Å². The molecule has 0 spiro atoms. The summed E-state index contributed by atoms with van der Waals surface area (Å²) in [7, 11) is 0. The first-order valence-electron chi connectivity index (χ1n) is 9.24. The minimum absolute atomic E-state index is 0.00369. The molecule has 1 N–H and O–H groups in total. The minimum atomic E-state index is -0.313. The van der Waals surface area contributed by atoms with E-state index in [1.807, 2.05) is 16.7 Å². The van der Waals surface area contributed by atoms with E-state index in [0.717, 1.165) is 24.1 Å². The van der Waals surface area contributed by atoms with Crippen LogP contribution in [0.1, 0.15) is 25.7 Å². The van der Waals surface area contributed by atoms with Crippen LogP contribution in [0.2, 0.25) is 0 Å². The number of amides is 1. The van der Waals surface area contributed by atoms with Gasteiger partial charge in [-0.3, -0.25) is 14.3 Å². The third-order valence-electron chi connectivity index (χ3n) is 4.71. The van der Waals surface area contributed by atoms with Crippen LogP contribution in [0.4, 0.5) is 4.39 Å². The number of carbonyl (C=O) groups excluding carboxylic acids is 1. The standard InChI is InChI=1S/C20H20FN5OS/c21-15-5-7-17(8-6-15)26-19(14-9-11-22-12-10-14)24-25-20(26)28-13-18(27)23-16-3-1-2-4-16/h5-12,16H,1-4,13H2,(H,23,27). The molecule has 1 aliphatic rings. The van der Waals surface area contributed by atoms with E-state index < -0.39 is 0 Å². The number of nitrogens with zero attached hydrogens (tertiary/aromatic N) is 4. The van der Waals surface area contributed by atoms with Gasteiger partial charge in [-0.15, -0.1) is 10.2 Å². The van der Waals surface area contributed by atoms with Crippen molar-refractivity contribution in [3.8, 4) is 17.1 Å². The van der Waals surface area contributed by atoms with Gasteiger partial charge in [0.15, 0.2) is 11.0 Å². The van der Waals surface area contributed by atoms with Crippen LogP contribution in [-0.4, -0.2) is 37.5 Å². The molecule has 2 heterocycles. The van der Waals surface area contributed by atoms with E-state index in [2.05, 4.69) is 20.5 Å². The summed E-state index contributed by atoms with van der Waals surface area (Å²) in [6.45, 7) is 0. The second-order valence-electron chi connectivity index (χ2n) is 6.69. The molecule has 28 heavy (non-hydrogen) atoms. The predicted molar refractivity (Wildman–Crippen MR) is 106 cm³/mol. The normalized spacial score (nSPS) is 14.3. The third-order valence-corrected chi connectivity index (χ3v) is 5.64. The number of hydrogen-bond donors (Lipinski definition) is 1. The lowest BCUT2D eigenvalue weighted by Gasteiger charge is -2.12. The van der Waals surface area contributed by atoms with E-state index in [1.54, 1.807) is 24.5 Å². The topological polar surface area (TPSA) is 72.7 Å². The molecule has 0 bridgehead atoms. The molecule has 1 aromatic carbocycles. The molecule has 2 aromatic heterocycles. The van der Waals surface area contributed by atoms with Crippen molar-refractivity contribution in [3.63, 3.8) is 0 Å². The van der Waals surface area contributed by atoms with Gasteiger partial charge in [-0.25, -0.2) is 4.39 Å². The fourth-order valence-electron chi connectivity index (χ4n) is 3.34. The molecule has 0 radical (unpaired) electrons. The highest BCUT2D eigenvalue weighted by atomic mass is 32.2. The summed E-state index contributed by atoms with van der Waals surface area (Å²) >= 11 is 1.32. The van der Waals surface area contributed by atoms with Gasteiger partial charge in [0.1, 0.15) is 5.82 Å². The zero-order valence-corrected chi connectivity index (χ0v) is 16.0. The molecule has 0 unspecified atom stereocenters. The molecule has 6 nitrogen and oxygen atoms in total. The summed E-state index contributed by atoms with van der Waals surface area (Å²) in [6.07, 6.45) is 7.81. The fourth-order valence-corrected chi connectivity index (χ4v) is 4.11. The van der Waals surface area contributed by atoms with Crippen LogP contribution in [0.25, 0.3) is 17.1 Å². The maximum absolute atomic E-state index is 13.4. The third kappa shape index (κ3) is 4.22. The lowest BCUT2D eigenvalue weighted by atomic mass is 10.2. The number of hydrogen-bond acceptors (Lipinski definition) is 5. The number of carbonyl (C=O) groups is 1. The van der Waals surface area contributed by atoms with Gasteiger partial charge in [0.05, 0.1) is 5.75 Å². The minimum Gasteiger partial charge on any atom is -0.353 e. The molecule has 1 saturated carbocycles. The van der Waals surface area contributed by atoms with E-state index in [9.17, 15) is 9.18 Å². The zero-order chi connectivity index (χ0) is 19.3. The maximum Gasteiger partial charge on any atom is 0.230 e. The Kier molecular flexibility index (Phi) is 5.66. The summed E-state index contributed by atoms with van der Waals surface area (Å²) in [5, 5.41) is 12.2. The van der Waals surface area contributed by atoms with Crippen molar-refractivity contribution >= 4 is 17.7 Å². The highest BCUT2D eigenvalue weighted by Gasteiger charge is 2.20. The largest absolute Gasteiger partial charge is 0.353 e. The van der Waals surface area contributed by atoms with Gasteiger partial charge in [-0.2, -0.15) is 0 Å². The highest BCUT2D eigenvalue weighted by Crippen LogP contribution is 2.28. The van der Waals surface area contributed by atoms with Crippen LogP contribution in [-0.2, 0) is 4.79 Å². The van der Waals surface area contributed by atoms with Crippen molar-refractivity contribution in [2.24, 2.45) is 0 Å². The first kappa shape index (κ1) is 18.6. The van der Waals surface area contributed by atoms with E-state index in [1.165, 1.54) is 36.7 Å². The molecular weight excluding hydrogens is 377 g/mol. The molecule has 1 aliphatic carbocycles. The quantitative estimate of drug-likeness (QED) is 0.643. The molecule has 1 fully saturated rings. The maximum atomic E-state index is 13.4. The van der Waals surface area contributed by atoms with Crippen molar-refractivity contribution in [3.05, 3.63) is 54.6 Å². The molecule has 144 valence electrons. The second kappa shape index (κ2) is 8.52. The predicted octanol–water partition coefficient (Wildman–Crippen LogP) is 3.62. The number of rotatable bonds is 6. The molecule has 0 aliphatic heterocycles. The molecule has 3 aromatic rings. The van der Waals surface area contributed by atoms with Crippen LogP contribution in [0.15, 0.2) is 53.9 Å². The van der Waals surface area contributed by atoms with E-state index in [0.29, 0.717) is 11.0 Å². The summed E-state index contributed by atoms with van der Waals surface area (Å²) in [6, 6.07) is 10.1. The smallest absolute Gasteiger partial charge is 0.230 e. The number of thioether (sulfide) groups is 1. The van der Waals surface area contributed by atoms with Gasteiger partial charge in [-0.1, -0.05) is 24.6 Å². The van der Waals surface area contributed by atoms with Crippen LogP contribution in [0.3, 0.4) is 0 Å². The Hall–Kier alpha value is -2.74. The van der Waals surface area contributed by atoms with Crippen LogP contribution < -0.4 is 5.32 Å². The summed E-state index contributed by atoms with van der Waals surface area (Å²) in [4.78, 5) is 16.3. The van der Waals surface area contributed by atoms with Gasteiger partial charge in [-0.05, 0) is 49.2 Å². The van der Waals surface area contributed by atoms with Crippen molar-refractivity contribution in [1.82, 2.24) is 25.1 Å². The number of aromatic nitrogens is 4. The van der Waals surface area contributed by atoms with Gasteiger partial charge in [0.25, 0.3) is 0 Å². The molecule has 0 atom stereocenters. The van der Waals surface area contributed by atoms with Gasteiger partial charge >= 0.3 is 0 Å². The van der Waals surface area contributed by atoms with E-state index >= 15 is 0 Å².